The molecule has 18 heavy (non-hydrogen) atoms. The zero-order valence-electron chi connectivity index (χ0n) is 10.5. The lowest BCUT2D eigenvalue weighted by Crippen LogP contribution is -2.12. The second-order valence-electron chi connectivity index (χ2n) is 4.16. The number of benzene rings is 1. The molecule has 0 radical (unpaired) electrons. The van der Waals surface area contributed by atoms with Crippen molar-refractivity contribution < 1.29 is 4.74 Å². The molecule has 0 aliphatic carbocycles. The van der Waals surface area contributed by atoms with Crippen LogP contribution in [0.4, 0.5) is 0 Å². The maximum absolute atomic E-state index is 7.46. The van der Waals surface area contributed by atoms with Crippen LogP contribution in [0.1, 0.15) is 16.7 Å². The van der Waals surface area contributed by atoms with Gasteiger partial charge in [-0.05, 0) is 30.7 Å². The Labute approximate surface area is 106 Å². The van der Waals surface area contributed by atoms with Crippen molar-refractivity contribution in [2.24, 2.45) is 5.73 Å². The Morgan fingerprint density at radius 1 is 1.50 bits per heavy atom. The third-order valence-electron chi connectivity index (χ3n) is 2.69. The summed E-state index contributed by atoms with van der Waals surface area (Å²) in [5, 5.41) is 11.7. The molecule has 0 amide bonds. The highest BCUT2D eigenvalue weighted by Gasteiger charge is 2.07. The summed E-state index contributed by atoms with van der Waals surface area (Å²) in [7, 11) is 1.63. The summed E-state index contributed by atoms with van der Waals surface area (Å²) in [6.07, 6.45) is 3.77. The van der Waals surface area contributed by atoms with Gasteiger partial charge in [-0.15, -0.1) is 0 Å². The lowest BCUT2D eigenvalue weighted by molar-refractivity contribution is 0.407. The Morgan fingerprint density at radius 3 is 2.83 bits per heavy atom. The number of aromatic nitrogens is 2. The van der Waals surface area contributed by atoms with Crippen LogP contribution in [0.25, 0.3) is 0 Å². The van der Waals surface area contributed by atoms with Gasteiger partial charge in [-0.2, -0.15) is 5.10 Å². The first-order valence-corrected chi connectivity index (χ1v) is 5.60. The molecule has 0 aliphatic rings. The molecule has 1 aromatic heterocycles. The van der Waals surface area contributed by atoms with Gasteiger partial charge in [0.15, 0.2) is 0 Å². The highest BCUT2D eigenvalue weighted by Crippen LogP contribution is 2.20. The minimum Gasteiger partial charge on any atom is -0.496 e. The molecule has 0 saturated heterocycles. The van der Waals surface area contributed by atoms with Crippen molar-refractivity contribution in [1.82, 2.24) is 9.78 Å². The van der Waals surface area contributed by atoms with Gasteiger partial charge in [-0.25, -0.2) is 0 Å². The van der Waals surface area contributed by atoms with Gasteiger partial charge >= 0.3 is 0 Å². The number of ether oxygens (including phenoxy) is 1. The molecule has 5 nitrogen and oxygen atoms in total. The summed E-state index contributed by atoms with van der Waals surface area (Å²) in [4.78, 5) is 0. The molecule has 3 N–H and O–H groups in total. The fourth-order valence-corrected chi connectivity index (χ4v) is 1.80. The monoisotopic (exact) mass is 244 g/mol. The van der Waals surface area contributed by atoms with Crippen LogP contribution in [-0.2, 0) is 6.54 Å². The van der Waals surface area contributed by atoms with Crippen molar-refractivity contribution in [2.75, 3.05) is 7.11 Å². The molecule has 1 aromatic carbocycles. The van der Waals surface area contributed by atoms with E-state index in [1.165, 1.54) is 0 Å². The van der Waals surface area contributed by atoms with Crippen molar-refractivity contribution in [3.63, 3.8) is 0 Å². The average Bonchev–Trinajstić information content (AvgIpc) is 2.74. The van der Waals surface area contributed by atoms with Crippen LogP contribution < -0.4 is 10.5 Å². The number of hydrogen-bond acceptors (Lipinski definition) is 3. The third-order valence-corrected chi connectivity index (χ3v) is 2.69. The van der Waals surface area contributed by atoms with E-state index in [9.17, 15) is 0 Å². The highest BCUT2D eigenvalue weighted by molar-refractivity contribution is 5.95. The fraction of sp³-hybridized carbons (Fsp3) is 0.231. The van der Waals surface area contributed by atoms with Crippen LogP contribution in [0.3, 0.4) is 0 Å². The molecule has 0 aliphatic heterocycles. The first-order chi connectivity index (χ1) is 8.60. The number of methoxy groups -OCH3 is 1. The van der Waals surface area contributed by atoms with Gasteiger partial charge in [0, 0.05) is 17.3 Å². The Morgan fingerprint density at radius 2 is 2.28 bits per heavy atom. The standard InChI is InChI=1S/C13H16N4O/c1-9-6-16-17(7-9)8-11-5-10(13(14)15)3-4-12(11)18-2/h3-7H,8H2,1-2H3,(H3,14,15). The number of hydrogen-bond donors (Lipinski definition) is 2. The zero-order valence-corrected chi connectivity index (χ0v) is 10.5. The largest absolute Gasteiger partial charge is 0.496 e. The van der Waals surface area contributed by atoms with E-state index < -0.39 is 0 Å². The molecule has 1 heterocycles. The SMILES string of the molecule is COc1ccc(C(=N)N)cc1Cn1cc(C)cn1. The van der Waals surface area contributed by atoms with Gasteiger partial charge in [-0.3, -0.25) is 10.1 Å². The number of rotatable bonds is 4. The number of nitrogen functional groups attached to an aromatic ring is 1. The van der Waals surface area contributed by atoms with E-state index in [0.29, 0.717) is 12.1 Å². The summed E-state index contributed by atoms with van der Waals surface area (Å²) in [6, 6.07) is 5.46. The van der Waals surface area contributed by atoms with Gasteiger partial charge in [0.25, 0.3) is 0 Å². The lowest BCUT2D eigenvalue weighted by atomic mass is 10.1. The molecule has 94 valence electrons. The van der Waals surface area contributed by atoms with Crippen molar-refractivity contribution >= 4 is 5.84 Å². The van der Waals surface area contributed by atoms with Gasteiger partial charge in [0.2, 0.25) is 0 Å². The summed E-state index contributed by atoms with van der Waals surface area (Å²) in [5.74, 6) is 0.823. The molecule has 0 fully saturated rings. The van der Waals surface area contributed by atoms with E-state index in [1.54, 1.807) is 19.4 Å². The third kappa shape index (κ3) is 2.51. The fourth-order valence-electron chi connectivity index (χ4n) is 1.80. The Kier molecular flexibility index (Phi) is 3.32. The molecule has 0 atom stereocenters. The second-order valence-corrected chi connectivity index (χ2v) is 4.16. The van der Waals surface area contributed by atoms with Crippen LogP contribution in [-0.4, -0.2) is 22.7 Å². The van der Waals surface area contributed by atoms with E-state index >= 15 is 0 Å². The first kappa shape index (κ1) is 12.2. The van der Waals surface area contributed by atoms with E-state index in [0.717, 1.165) is 16.9 Å². The molecule has 5 heteroatoms. The minimum absolute atomic E-state index is 0.0514. The Hall–Kier alpha value is -2.30. The number of aryl methyl sites for hydroxylation is 1. The molecular weight excluding hydrogens is 228 g/mol. The molecule has 2 aromatic rings. The molecule has 2 rings (SSSR count). The van der Waals surface area contributed by atoms with Gasteiger partial charge in [0.05, 0.1) is 19.9 Å². The predicted molar refractivity (Wildman–Crippen MR) is 70.1 cm³/mol. The maximum atomic E-state index is 7.46. The quantitative estimate of drug-likeness (QED) is 0.632. The summed E-state index contributed by atoms with van der Waals surface area (Å²) < 4.78 is 7.14. The predicted octanol–water partition coefficient (Wildman–Crippen LogP) is 1.53. The molecule has 0 spiro atoms. The molecule has 0 bridgehead atoms. The van der Waals surface area contributed by atoms with Crippen LogP contribution in [0, 0.1) is 12.3 Å². The van der Waals surface area contributed by atoms with Crippen molar-refractivity contribution in [1.29, 1.82) is 5.41 Å². The number of nitrogens with one attached hydrogen (secondary N) is 1. The van der Waals surface area contributed by atoms with Crippen LogP contribution in [0.2, 0.25) is 0 Å². The number of amidine groups is 1. The van der Waals surface area contributed by atoms with E-state index in [1.807, 2.05) is 29.9 Å². The summed E-state index contributed by atoms with van der Waals surface area (Å²) in [5.41, 5.74) is 8.24. The topological polar surface area (TPSA) is 76.9 Å². The minimum atomic E-state index is 0.0514. The smallest absolute Gasteiger partial charge is 0.123 e. The summed E-state index contributed by atoms with van der Waals surface area (Å²) >= 11 is 0. The van der Waals surface area contributed by atoms with E-state index in [-0.39, 0.29) is 5.84 Å². The molecular formula is C13H16N4O. The highest BCUT2D eigenvalue weighted by atomic mass is 16.5. The van der Waals surface area contributed by atoms with Gasteiger partial charge in [0.1, 0.15) is 11.6 Å². The van der Waals surface area contributed by atoms with Gasteiger partial charge in [-0.1, -0.05) is 0 Å². The average molecular weight is 244 g/mol. The second kappa shape index (κ2) is 4.91. The normalized spacial score (nSPS) is 10.3. The zero-order chi connectivity index (χ0) is 13.1. The van der Waals surface area contributed by atoms with Crippen molar-refractivity contribution in [3.05, 3.63) is 47.3 Å². The van der Waals surface area contributed by atoms with Crippen LogP contribution >= 0.6 is 0 Å². The van der Waals surface area contributed by atoms with E-state index in [4.69, 9.17) is 15.9 Å². The Balaban J connectivity index is 2.35. The maximum Gasteiger partial charge on any atom is 0.123 e. The first-order valence-electron chi connectivity index (χ1n) is 5.60. The number of nitrogens with two attached hydrogens (primary N) is 1. The van der Waals surface area contributed by atoms with Crippen molar-refractivity contribution in [3.8, 4) is 5.75 Å². The number of nitrogens with zero attached hydrogens (tertiary/aromatic N) is 2. The van der Waals surface area contributed by atoms with Gasteiger partial charge < -0.3 is 10.5 Å². The Bertz CT molecular complexity index is 574. The lowest BCUT2D eigenvalue weighted by Gasteiger charge is -2.10. The molecule has 0 saturated carbocycles. The molecule has 0 unspecified atom stereocenters. The van der Waals surface area contributed by atoms with Crippen molar-refractivity contribution in [2.45, 2.75) is 13.5 Å². The summed E-state index contributed by atoms with van der Waals surface area (Å²) in [6.45, 7) is 2.59. The van der Waals surface area contributed by atoms with Crippen LogP contribution in [0.5, 0.6) is 5.75 Å². The van der Waals surface area contributed by atoms with E-state index in [2.05, 4.69) is 5.10 Å². The van der Waals surface area contributed by atoms with Crippen LogP contribution in [0.15, 0.2) is 30.6 Å².